The molecule has 0 atom stereocenters. The average molecular weight is 438 g/mol. The lowest BCUT2D eigenvalue weighted by atomic mass is 10.2. The second-order valence-electron chi connectivity index (χ2n) is 7.63. The van der Waals surface area contributed by atoms with Crippen LogP contribution in [0.15, 0.2) is 46.9 Å². The van der Waals surface area contributed by atoms with Gasteiger partial charge in [-0.2, -0.15) is 10.2 Å². The van der Waals surface area contributed by atoms with E-state index in [1.807, 2.05) is 67.4 Å². The number of nitrogens with zero attached hydrogens (tertiary/aromatic N) is 4. The van der Waals surface area contributed by atoms with E-state index in [1.54, 1.807) is 12.1 Å². The van der Waals surface area contributed by atoms with Crippen molar-refractivity contribution in [2.24, 2.45) is 0 Å². The maximum absolute atomic E-state index is 12.8. The maximum atomic E-state index is 12.8. The smallest absolute Gasteiger partial charge is 0.291 e. The van der Waals surface area contributed by atoms with Crippen molar-refractivity contribution in [3.05, 3.63) is 87.3 Å². The summed E-state index contributed by atoms with van der Waals surface area (Å²) in [6, 6.07) is 13.1. The van der Waals surface area contributed by atoms with Gasteiger partial charge in [0.2, 0.25) is 0 Å². The van der Waals surface area contributed by atoms with Gasteiger partial charge < -0.3 is 9.73 Å². The van der Waals surface area contributed by atoms with E-state index in [0.717, 1.165) is 28.3 Å². The normalized spacial score (nSPS) is 11.1. The monoisotopic (exact) mass is 437 g/mol. The standard InChI is InChI=1S/C23H24ClN5O2/c1-14-11-15(2)28(26-14)13-20-9-10-21(31-20)23(30)25-22-16(3)27-29(17(22)4)12-18-5-7-19(24)8-6-18/h5-11H,12-13H2,1-4H3,(H,25,30). The largest absolute Gasteiger partial charge is 0.454 e. The molecule has 3 heterocycles. The highest BCUT2D eigenvalue weighted by atomic mass is 35.5. The van der Waals surface area contributed by atoms with Gasteiger partial charge in [-0.25, -0.2) is 0 Å². The molecule has 0 spiro atoms. The van der Waals surface area contributed by atoms with Gasteiger partial charge in [-0.15, -0.1) is 0 Å². The molecule has 4 aromatic rings. The van der Waals surface area contributed by atoms with Crippen molar-refractivity contribution in [3.63, 3.8) is 0 Å². The predicted molar refractivity (Wildman–Crippen MR) is 120 cm³/mol. The number of rotatable bonds is 6. The van der Waals surface area contributed by atoms with E-state index in [9.17, 15) is 4.79 Å². The summed E-state index contributed by atoms with van der Waals surface area (Å²) >= 11 is 5.96. The number of anilines is 1. The molecule has 160 valence electrons. The molecule has 7 nitrogen and oxygen atoms in total. The van der Waals surface area contributed by atoms with Crippen molar-refractivity contribution < 1.29 is 9.21 Å². The fraction of sp³-hybridized carbons (Fsp3) is 0.261. The highest BCUT2D eigenvalue weighted by Gasteiger charge is 2.18. The van der Waals surface area contributed by atoms with Gasteiger partial charge in [-0.1, -0.05) is 23.7 Å². The zero-order valence-electron chi connectivity index (χ0n) is 17.9. The first kappa shape index (κ1) is 20.9. The molecule has 0 aliphatic carbocycles. The average Bonchev–Trinajstić information content (AvgIpc) is 3.39. The summed E-state index contributed by atoms with van der Waals surface area (Å²) in [5.41, 5.74) is 5.37. The highest BCUT2D eigenvalue weighted by Crippen LogP contribution is 2.22. The number of hydrogen-bond acceptors (Lipinski definition) is 4. The van der Waals surface area contributed by atoms with Crippen LogP contribution in [0.1, 0.15) is 44.7 Å². The minimum Gasteiger partial charge on any atom is -0.454 e. The van der Waals surface area contributed by atoms with Crippen molar-refractivity contribution in [2.45, 2.75) is 40.8 Å². The van der Waals surface area contributed by atoms with E-state index in [4.69, 9.17) is 16.0 Å². The number of halogens is 1. The van der Waals surface area contributed by atoms with Gasteiger partial charge in [-0.3, -0.25) is 14.2 Å². The van der Waals surface area contributed by atoms with E-state index in [2.05, 4.69) is 15.5 Å². The summed E-state index contributed by atoms with van der Waals surface area (Å²) in [6.45, 7) is 8.81. The number of carbonyl (C=O) groups excluding carboxylic acids is 1. The summed E-state index contributed by atoms with van der Waals surface area (Å²) in [5.74, 6) is 0.612. The van der Waals surface area contributed by atoms with Crippen molar-refractivity contribution in [1.82, 2.24) is 19.6 Å². The third kappa shape index (κ3) is 4.56. The number of nitrogens with one attached hydrogen (secondary N) is 1. The SMILES string of the molecule is Cc1cc(C)n(Cc2ccc(C(=O)Nc3c(C)nn(Cc4ccc(Cl)cc4)c3C)o2)n1. The number of benzene rings is 1. The predicted octanol–water partition coefficient (Wildman–Crippen LogP) is 4.91. The molecule has 0 radical (unpaired) electrons. The molecule has 3 aromatic heterocycles. The Kier molecular flexibility index (Phi) is 5.69. The van der Waals surface area contributed by atoms with Crippen molar-refractivity contribution in [2.75, 3.05) is 5.32 Å². The van der Waals surface area contributed by atoms with Gasteiger partial charge in [-0.05, 0) is 63.6 Å². The van der Waals surface area contributed by atoms with E-state index in [-0.39, 0.29) is 11.7 Å². The van der Waals surface area contributed by atoms with Crippen molar-refractivity contribution >= 4 is 23.2 Å². The zero-order valence-corrected chi connectivity index (χ0v) is 18.7. The number of amides is 1. The molecule has 8 heteroatoms. The van der Waals surface area contributed by atoms with Crippen LogP contribution in [0.2, 0.25) is 5.02 Å². The Morgan fingerprint density at radius 3 is 2.42 bits per heavy atom. The van der Waals surface area contributed by atoms with E-state index >= 15 is 0 Å². The summed E-state index contributed by atoms with van der Waals surface area (Å²) in [6.07, 6.45) is 0. The second kappa shape index (κ2) is 8.43. The third-order valence-electron chi connectivity index (χ3n) is 5.16. The Hall–Kier alpha value is -3.32. The molecular weight excluding hydrogens is 414 g/mol. The first-order valence-electron chi connectivity index (χ1n) is 9.99. The van der Waals surface area contributed by atoms with Crippen LogP contribution < -0.4 is 5.32 Å². The Morgan fingerprint density at radius 2 is 1.74 bits per heavy atom. The highest BCUT2D eigenvalue weighted by molar-refractivity contribution is 6.30. The minimum atomic E-state index is -0.308. The lowest BCUT2D eigenvalue weighted by Gasteiger charge is -2.07. The molecule has 0 saturated carbocycles. The van der Waals surface area contributed by atoms with Gasteiger partial charge in [0.25, 0.3) is 5.91 Å². The molecular formula is C23H24ClN5O2. The first-order chi connectivity index (χ1) is 14.8. The maximum Gasteiger partial charge on any atom is 0.291 e. The summed E-state index contributed by atoms with van der Waals surface area (Å²) < 4.78 is 9.48. The molecule has 31 heavy (non-hydrogen) atoms. The number of aromatic nitrogens is 4. The lowest BCUT2D eigenvalue weighted by molar-refractivity contribution is 0.0994. The molecule has 0 fully saturated rings. The molecule has 1 N–H and O–H groups in total. The lowest BCUT2D eigenvalue weighted by Crippen LogP contribution is -2.12. The van der Waals surface area contributed by atoms with Crippen molar-refractivity contribution in [1.29, 1.82) is 0 Å². The van der Waals surface area contributed by atoms with Crippen LogP contribution in [0.25, 0.3) is 0 Å². The van der Waals surface area contributed by atoms with Gasteiger partial charge in [0.05, 0.1) is 35.9 Å². The van der Waals surface area contributed by atoms with Crippen LogP contribution in [0.4, 0.5) is 5.69 Å². The Morgan fingerprint density at radius 1 is 1.00 bits per heavy atom. The van der Waals surface area contributed by atoms with Crippen LogP contribution in [-0.2, 0) is 13.1 Å². The second-order valence-corrected chi connectivity index (χ2v) is 8.07. The molecule has 0 aliphatic heterocycles. The zero-order chi connectivity index (χ0) is 22.1. The van der Waals surface area contributed by atoms with Gasteiger partial charge in [0.15, 0.2) is 5.76 Å². The Balaban J connectivity index is 1.47. The third-order valence-corrected chi connectivity index (χ3v) is 5.41. The summed E-state index contributed by atoms with van der Waals surface area (Å²) in [5, 5.41) is 12.6. The Labute approximate surface area is 185 Å². The van der Waals surface area contributed by atoms with Crippen LogP contribution in [0.3, 0.4) is 0 Å². The van der Waals surface area contributed by atoms with E-state index in [1.165, 1.54) is 0 Å². The van der Waals surface area contributed by atoms with Gasteiger partial charge >= 0.3 is 0 Å². The Bertz CT molecular complexity index is 1230. The quantitative estimate of drug-likeness (QED) is 0.465. The molecule has 0 saturated heterocycles. The molecule has 0 bridgehead atoms. The van der Waals surface area contributed by atoms with Crippen LogP contribution in [0.5, 0.6) is 0 Å². The number of hydrogen-bond donors (Lipinski definition) is 1. The molecule has 1 aromatic carbocycles. The summed E-state index contributed by atoms with van der Waals surface area (Å²) in [4.78, 5) is 12.8. The van der Waals surface area contributed by atoms with Crippen LogP contribution in [0, 0.1) is 27.7 Å². The van der Waals surface area contributed by atoms with Crippen LogP contribution >= 0.6 is 11.6 Å². The van der Waals surface area contributed by atoms with Gasteiger partial charge in [0, 0.05) is 10.7 Å². The summed E-state index contributed by atoms with van der Waals surface area (Å²) in [7, 11) is 0. The van der Waals surface area contributed by atoms with Crippen molar-refractivity contribution in [3.8, 4) is 0 Å². The fourth-order valence-electron chi connectivity index (χ4n) is 3.54. The molecule has 0 aliphatic rings. The number of furan rings is 1. The van der Waals surface area contributed by atoms with E-state index < -0.39 is 0 Å². The fourth-order valence-corrected chi connectivity index (χ4v) is 3.66. The minimum absolute atomic E-state index is 0.251. The first-order valence-corrected chi connectivity index (χ1v) is 10.4. The van der Waals surface area contributed by atoms with Gasteiger partial charge in [0.1, 0.15) is 5.76 Å². The van der Waals surface area contributed by atoms with E-state index in [0.29, 0.717) is 29.6 Å². The number of aryl methyl sites for hydroxylation is 3. The molecule has 4 rings (SSSR count). The topological polar surface area (TPSA) is 77.9 Å². The molecule has 0 unspecified atom stereocenters. The van der Waals surface area contributed by atoms with Crippen LogP contribution in [-0.4, -0.2) is 25.5 Å². The molecule has 1 amide bonds. The number of carbonyl (C=O) groups is 1.